The monoisotopic (exact) mass is 243 g/mol. The highest BCUT2D eigenvalue weighted by Gasteiger charge is 2.21. The van der Waals surface area contributed by atoms with E-state index in [9.17, 15) is 13.6 Å². The molecule has 0 aliphatic rings. The maximum absolute atomic E-state index is 12.1. The molecule has 5 nitrogen and oxygen atoms in total. The Bertz CT molecular complexity index is 482. The zero-order valence-electron chi connectivity index (χ0n) is 8.61. The van der Waals surface area contributed by atoms with E-state index >= 15 is 0 Å². The topological polar surface area (TPSA) is 79.5 Å². The van der Waals surface area contributed by atoms with Crippen molar-refractivity contribution in [3.63, 3.8) is 0 Å². The van der Waals surface area contributed by atoms with E-state index in [-0.39, 0.29) is 11.3 Å². The van der Waals surface area contributed by atoms with Gasteiger partial charge in [0.15, 0.2) is 0 Å². The number of carboxylic acids is 1. The van der Waals surface area contributed by atoms with E-state index in [0.29, 0.717) is 0 Å². The summed E-state index contributed by atoms with van der Waals surface area (Å²) >= 11 is 0. The summed E-state index contributed by atoms with van der Waals surface area (Å²) in [4.78, 5) is 10.9. The van der Waals surface area contributed by atoms with Crippen LogP contribution >= 0.6 is 0 Å². The van der Waals surface area contributed by atoms with E-state index in [1.54, 1.807) is 6.07 Å². The van der Waals surface area contributed by atoms with Crippen molar-refractivity contribution in [2.75, 3.05) is 7.11 Å². The lowest BCUT2D eigenvalue weighted by Crippen LogP contribution is -2.09. The standard InChI is InChI=1S/C10H7F2NO4/c1-16-6-2-5(4-13)3-7(17-10(11)12)8(6)9(14)15/h2-3,10H,1H3,(H,14,15). The molecule has 1 aromatic carbocycles. The Hall–Kier alpha value is -2.36. The molecule has 0 aliphatic carbocycles. The van der Waals surface area contributed by atoms with Crippen LogP contribution in [0.25, 0.3) is 0 Å². The van der Waals surface area contributed by atoms with Gasteiger partial charge < -0.3 is 14.6 Å². The molecule has 0 radical (unpaired) electrons. The first-order valence-corrected chi connectivity index (χ1v) is 4.29. The molecule has 1 N–H and O–H groups in total. The second-order valence-corrected chi connectivity index (χ2v) is 2.85. The first-order valence-electron chi connectivity index (χ1n) is 4.29. The average molecular weight is 243 g/mol. The van der Waals surface area contributed by atoms with Gasteiger partial charge in [-0.2, -0.15) is 14.0 Å². The lowest BCUT2D eigenvalue weighted by molar-refractivity contribution is -0.0504. The largest absolute Gasteiger partial charge is 0.496 e. The predicted octanol–water partition coefficient (Wildman–Crippen LogP) is 1.87. The third kappa shape index (κ3) is 2.81. The summed E-state index contributed by atoms with van der Waals surface area (Å²) in [6.07, 6.45) is 0. The van der Waals surface area contributed by atoms with Crippen LogP contribution in [-0.2, 0) is 0 Å². The van der Waals surface area contributed by atoms with Crippen molar-refractivity contribution in [1.82, 2.24) is 0 Å². The van der Waals surface area contributed by atoms with Crippen molar-refractivity contribution in [1.29, 1.82) is 5.26 Å². The number of aromatic carboxylic acids is 1. The van der Waals surface area contributed by atoms with Gasteiger partial charge in [0.2, 0.25) is 0 Å². The Morgan fingerprint density at radius 2 is 2.06 bits per heavy atom. The summed E-state index contributed by atoms with van der Waals surface area (Å²) in [5.41, 5.74) is -0.589. The molecule has 17 heavy (non-hydrogen) atoms. The molecule has 0 spiro atoms. The molecule has 0 heterocycles. The highest BCUT2D eigenvalue weighted by atomic mass is 19.3. The quantitative estimate of drug-likeness (QED) is 0.873. The van der Waals surface area contributed by atoms with Gasteiger partial charge >= 0.3 is 12.6 Å². The van der Waals surface area contributed by atoms with E-state index in [2.05, 4.69) is 4.74 Å². The highest BCUT2D eigenvalue weighted by molar-refractivity contribution is 5.94. The first kappa shape index (κ1) is 12.7. The third-order valence-corrected chi connectivity index (χ3v) is 1.84. The minimum absolute atomic E-state index is 0.0394. The molecular weight excluding hydrogens is 236 g/mol. The fraction of sp³-hybridized carbons (Fsp3) is 0.200. The van der Waals surface area contributed by atoms with Crippen LogP contribution in [0.2, 0.25) is 0 Å². The van der Waals surface area contributed by atoms with Crippen molar-refractivity contribution in [3.8, 4) is 17.6 Å². The molecule has 0 unspecified atom stereocenters. The van der Waals surface area contributed by atoms with Crippen LogP contribution in [0.4, 0.5) is 8.78 Å². The average Bonchev–Trinajstić information content (AvgIpc) is 2.26. The normalized spacial score (nSPS) is 9.82. The van der Waals surface area contributed by atoms with Gasteiger partial charge in [-0.15, -0.1) is 0 Å². The SMILES string of the molecule is COc1cc(C#N)cc(OC(F)F)c1C(=O)O. The van der Waals surface area contributed by atoms with Gasteiger partial charge in [0.1, 0.15) is 17.1 Å². The molecular formula is C10H7F2NO4. The van der Waals surface area contributed by atoms with Crippen LogP contribution in [0, 0.1) is 11.3 Å². The molecule has 0 aromatic heterocycles. The van der Waals surface area contributed by atoms with Gasteiger partial charge in [-0.1, -0.05) is 0 Å². The van der Waals surface area contributed by atoms with E-state index < -0.39 is 23.9 Å². The smallest absolute Gasteiger partial charge is 0.387 e. The van der Waals surface area contributed by atoms with Gasteiger partial charge in [0, 0.05) is 0 Å². The number of nitriles is 1. The number of halogens is 2. The summed E-state index contributed by atoms with van der Waals surface area (Å²) in [5.74, 6) is -2.31. The van der Waals surface area contributed by atoms with Crippen molar-refractivity contribution in [2.45, 2.75) is 6.61 Å². The van der Waals surface area contributed by atoms with Crippen LogP contribution in [0.5, 0.6) is 11.5 Å². The van der Waals surface area contributed by atoms with Crippen LogP contribution < -0.4 is 9.47 Å². The van der Waals surface area contributed by atoms with Crippen molar-refractivity contribution < 1.29 is 28.2 Å². The van der Waals surface area contributed by atoms with Gasteiger partial charge in [-0.05, 0) is 12.1 Å². The number of hydrogen-bond donors (Lipinski definition) is 1. The van der Waals surface area contributed by atoms with Gasteiger partial charge in [-0.25, -0.2) is 4.79 Å². The Balaban J connectivity index is 3.41. The third-order valence-electron chi connectivity index (χ3n) is 1.84. The zero-order valence-corrected chi connectivity index (χ0v) is 8.61. The Kier molecular flexibility index (Phi) is 3.82. The number of benzene rings is 1. The molecule has 7 heteroatoms. The molecule has 0 saturated carbocycles. The molecule has 90 valence electrons. The summed E-state index contributed by atoms with van der Waals surface area (Å²) in [6, 6.07) is 3.73. The number of carboxylic acid groups (broad SMARTS) is 1. The fourth-order valence-corrected chi connectivity index (χ4v) is 1.22. The molecule has 0 saturated heterocycles. The summed E-state index contributed by atoms with van der Waals surface area (Å²) in [5, 5.41) is 17.5. The Morgan fingerprint density at radius 3 is 2.47 bits per heavy atom. The Morgan fingerprint density at radius 1 is 1.47 bits per heavy atom. The number of hydrogen-bond acceptors (Lipinski definition) is 4. The van der Waals surface area contributed by atoms with Crippen LogP contribution in [-0.4, -0.2) is 24.8 Å². The number of alkyl halides is 2. The number of carbonyl (C=O) groups is 1. The lowest BCUT2D eigenvalue weighted by Gasteiger charge is -2.11. The maximum Gasteiger partial charge on any atom is 0.387 e. The summed E-state index contributed by atoms with van der Waals surface area (Å²) in [6.45, 7) is -3.19. The summed E-state index contributed by atoms with van der Waals surface area (Å²) in [7, 11) is 1.16. The summed E-state index contributed by atoms with van der Waals surface area (Å²) < 4.78 is 33.0. The number of rotatable bonds is 4. The molecule has 1 rings (SSSR count). The van der Waals surface area contributed by atoms with Gasteiger partial charge in [0.25, 0.3) is 0 Å². The van der Waals surface area contributed by atoms with Crippen molar-refractivity contribution in [3.05, 3.63) is 23.3 Å². The van der Waals surface area contributed by atoms with Crippen molar-refractivity contribution in [2.24, 2.45) is 0 Å². The number of ether oxygens (including phenoxy) is 2. The first-order chi connectivity index (χ1) is 7.99. The molecule has 0 fully saturated rings. The Labute approximate surface area is 94.8 Å². The minimum atomic E-state index is -3.19. The van der Waals surface area contributed by atoms with Crippen LogP contribution in [0.15, 0.2) is 12.1 Å². The maximum atomic E-state index is 12.1. The second kappa shape index (κ2) is 5.12. The van der Waals surface area contributed by atoms with Crippen LogP contribution in [0.1, 0.15) is 15.9 Å². The molecule has 0 atom stereocenters. The highest BCUT2D eigenvalue weighted by Crippen LogP contribution is 2.31. The number of methoxy groups -OCH3 is 1. The van der Waals surface area contributed by atoms with E-state index in [1.807, 2.05) is 0 Å². The molecule has 0 aliphatic heterocycles. The van der Waals surface area contributed by atoms with Gasteiger partial charge in [0.05, 0.1) is 18.7 Å². The second-order valence-electron chi connectivity index (χ2n) is 2.85. The lowest BCUT2D eigenvalue weighted by atomic mass is 10.1. The molecule has 0 amide bonds. The predicted molar refractivity (Wildman–Crippen MR) is 51.3 cm³/mol. The van der Waals surface area contributed by atoms with E-state index in [1.165, 1.54) is 0 Å². The van der Waals surface area contributed by atoms with Crippen LogP contribution in [0.3, 0.4) is 0 Å². The zero-order chi connectivity index (χ0) is 13.0. The minimum Gasteiger partial charge on any atom is -0.496 e. The van der Waals surface area contributed by atoms with E-state index in [4.69, 9.17) is 15.1 Å². The molecule has 1 aromatic rings. The van der Waals surface area contributed by atoms with Crippen molar-refractivity contribution >= 4 is 5.97 Å². The van der Waals surface area contributed by atoms with Gasteiger partial charge in [-0.3, -0.25) is 0 Å². The fourth-order valence-electron chi connectivity index (χ4n) is 1.22. The molecule has 0 bridgehead atoms. The number of nitrogens with zero attached hydrogens (tertiary/aromatic N) is 1. The van der Waals surface area contributed by atoms with E-state index in [0.717, 1.165) is 19.2 Å².